The van der Waals surface area contributed by atoms with Crippen molar-refractivity contribution < 1.29 is 13.5 Å². The van der Waals surface area contributed by atoms with Crippen LogP contribution in [-0.4, -0.2) is 56.5 Å². The third-order valence-corrected chi connectivity index (χ3v) is 4.70. The second-order valence-electron chi connectivity index (χ2n) is 4.68. The van der Waals surface area contributed by atoms with Crippen LogP contribution < -0.4 is 0 Å². The van der Waals surface area contributed by atoms with E-state index in [-0.39, 0.29) is 10.6 Å². The molecular formula is C13H22N2O3S. The Morgan fingerprint density at radius 3 is 2.26 bits per heavy atom. The van der Waals surface area contributed by atoms with Crippen LogP contribution in [0, 0.1) is 0 Å². The fourth-order valence-corrected chi connectivity index (χ4v) is 3.33. The third-order valence-electron chi connectivity index (χ3n) is 2.75. The van der Waals surface area contributed by atoms with Gasteiger partial charge in [-0.15, -0.1) is 0 Å². The van der Waals surface area contributed by atoms with E-state index in [9.17, 15) is 13.5 Å². The lowest BCUT2D eigenvalue weighted by atomic mass is 10.3. The van der Waals surface area contributed by atoms with Crippen molar-refractivity contribution in [3.8, 4) is 5.75 Å². The van der Waals surface area contributed by atoms with E-state index < -0.39 is 10.0 Å². The maximum Gasteiger partial charge on any atom is 0.246 e. The quantitative estimate of drug-likeness (QED) is 0.822. The van der Waals surface area contributed by atoms with Gasteiger partial charge >= 0.3 is 0 Å². The number of hydrogen-bond acceptors (Lipinski definition) is 4. The van der Waals surface area contributed by atoms with Crippen LogP contribution in [-0.2, 0) is 10.0 Å². The van der Waals surface area contributed by atoms with E-state index >= 15 is 0 Å². The van der Waals surface area contributed by atoms with Gasteiger partial charge in [0.1, 0.15) is 10.6 Å². The largest absolute Gasteiger partial charge is 0.507 e. The first kappa shape index (κ1) is 15.9. The average Bonchev–Trinajstić information content (AvgIpc) is 2.34. The summed E-state index contributed by atoms with van der Waals surface area (Å²) >= 11 is 0. The summed E-state index contributed by atoms with van der Waals surface area (Å²) in [4.78, 5) is 1.91. The number of sulfonamides is 1. The van der Waals surface area contributed by atoms with Gasteiger partial charge in [0.25, 0.3) is 0 Å². The zero-order chi connectivity index (χ0) is 14.5. The first-order chi connectivity index (χ1) is 8.89. The Hall–Kier alpha value is -1.11. The number of hydrogen-bond donors (Lipinski definition) is 1. The highest BCUT2D eigenvalue weighted by atomic mass is 32.2. The Morgan fingerprint density at radius 1 is 1.11 bits per heavy atom. The molecule has 1 aromatic rings. The molecular weight excluding hydrogens is 264 g/mol. The lowest BCUT2D eigenvalue weighted by molar-refractivity contribution is 0.331. The minimum Gasteiger partial charge on any atom is -0.507 e. The molecule has 1 rings (SSSR count). The lowest BCUT2D eigenvalue weighted by Gasteiger charge is -2.23. The molecule has 0 aliphatic carbocycles. The van der Waals surface area contributed by atoms with Crippen molar-refractivity contribution in [2.24, 2.45) is 0 Å². The monoisotopic (exact) mass is 286 g/mol. The number of likely N-dealkylation sites (N-methyl/N-ethyl adjacent to an activating group) is 1. The van der Waals surface area contributed by atoms with Crippen molar-refractivity contribution in [3.63, 3.8) is 0 Å². The zero-order valence-electron chi connectivity index (χ0n) is 11.7. The van der Waals surface area contributed by atoms with Crippen LogP contribution in [0.2, 0.25) is 0 Å². The van der Waals surface area contributed by atoms with Crippen molar-refractivity contribution in [1.29, 1.82) is 0 Å². The van der Waals surface area contributed by atoms with Gasteiger partial charge < -0.3 is 10.0 Å². The first-order valence-electron chi connectivity index (χ1n) is 6.32. The molecule has 1 N–H and O–H groups in total. The molecule has 19 heavy (non-hydrogen) atoms. The van der Waals surface area contributed by atoms with E-state index in [1.165, 1.54) is 16.4 Å². The van der Waals surface area contributed by atoms with Crippen molar-refractivity contribution in [1.82, 2.24) is 9.21 Å². The van der Waals surface area contributed by atoms with Crippen LogP contribution in [0.5, 0.6) is 5.75 Å². The minimum atomic E-state index is -3.63. The second-order valence-corrected chi connectivity index (χ2v) is 6.58. The maximum atomic E-state index is 12.5. The molecule has 0 saturated carbocycles. The molecule has 5 nitrogen and oxygen atoms in total. The number of phenolic OH excluding ortho intramolecular Hbond substituents is 1. The number of para-hydroxylation sites is 1. The average molecular weight is 286 g/mol. The molecule has 0 radical (unpaired) electrons. The molecule has 0 atom stereocenters. The second kappa shape index (κ2) is 6.88. The van der Waals surface area contributed by atoms with E-state index in [2.05, 4.69) is 0 Å². The smallest absolute Gasteiger partial charge is 0.246 e. The number of rotatable bonds is 7. The Bertz CT molecular complexity index is 500. The molecule has 0 aliphatic rings. The van der Waals surface area contributed by atoms with Gasteiger partial charge in [0.2, 0.25) is 10.0 Å². The summed E-state index contributed by atoms with van der Waals surface area (Å²) in [6.45, 7) is 3.44. The number of phenols is 1. The molecule has 0 amide bonds. The normalized spacial score (nSPS) is 12.3. The standard InChI is InChI=1S/C13H22N2O3S/c1-4-9-15(11-10-14(2)3)19(17,18)13-8-6-5-7-12(13)16/h5-8,16H,4,9-11H2,1-3H3. The highest BCUT2D eigenvalue weighted by Gasteiger charge is 2.26. The van der Waals surface area contributed by atoms with Crippen LogP contribution in [0.25, 0.3) is 0 Å². The molecule has 0 spiro atoms. The van der Waals surface area contributed by atoms with E-state index in [1.807, 2.05) is 25.9 Å². The Labute approximate surface area is 115 Å². The zero-order valence-corrected chi connectivity index (χ0v) is 12.5. The first-order valence-corrected chi connectivity index (χ1v) is 7.76. The molecule has 0 bridgehead atoms. The predicted octanol–water partition coefficient (Wildman–Crippen LogP) is 1.35. The molecule has 0 unspecified atom stereocenters. The van der Waals surface area contributed by atoms with Crippen LogP contribution in [0.15, 0.2) is 29.2 Å². The molecule has 0 fully saturated rings. The van der Waals surface area contributed by atoms with E-state index in [0.29, 0.717) is 19.6 Å². The summed E-state index contributed by atoms with van der Waals surface area (Å²) in [6, 6.07) is 6.05. The van der Waals surface area contributed by atoms with Gasteiger partial charge in [0.05, 0.1) is 0 Å². The van der Waals surface area contributed by atoms with Crippen LogP contribution in [0.3, 0.4) is 0 Å². The predicted molar refractivity (Wildman–Crippen MR) is 75.7 cm³/mol. The molecule has 1 aromatic carbocycles. The van der Waals surface area contributed by atoms with Crippen LogP contribution >= 0.6 is 0 Å². The van der Waals surface area contributed by atoms with Gasteiger partial charge in [-0.3, -0.25) is 0 Å². The number of aromatic hydroxyl groups is 1. The van der Waals surface area contributed by atoms with Gasteiger partial charge in [-0.2, -0.15) is 4.31 Å². The Balaban J connectivity index is 3.03. The topological polar surface area (TPSA) is 60.9 Å². The van der Waals surface area contributed by atoms with Gasteiger partial charge in [-0.05, 0) is 32.6 Å². The highest BCUT2D eigenvalue weighted by Crippen LogP contribution is 2.25. The minimum absolute atomic E-state index is 0.0257. The summed E-state index contributed by atoms with van der Waals surface area (Å²) in [6.07, 6.45) is 0.736. The van der Waals surface area contributed by atoms with Crippen LogP contribution in [0.4, 0.5) is 0 Å². The van der Waals surface area contributed by atoms with E-state index in [0.717, 1.165) is 6.42 Å². The van der Waals surface area contributed by atoms with Gasteiger partial charge in [-0.1, -0.05) is 19.1 Å². The van der Waals surface area contributed by atoms with Crippen molar-refractivity contribution in [2.75, 3.05) is 33.7 Å². The van der Waals surface area contributed by atoms with Crippen molar-refractivity contribution in [3.05, 3.63) is 24.3 Å². The SMILES string of the molecule is CCCN(CCN(C)C)S(=O)(=O)c1ccccc1O. The van der Waals surface area contributed by atoms with Crippen molar-refractivity contribution >= 4 is 10.0 Å². The number of benzene rings is 1. The summed E-state index contributed by atoms with van der Waals surface area (Å²) in [5.41, 5.74) is 0. The third kappa shape index (κ3) is 4.19. The Kier molecular flexibility index (Phi) is 5.78. The molecule has 0 heterocycles. The number of nitrogens with zero attached hydrogens (tertiary/aromatic N) is 2. The molecule has 0 saturated heterocycles. The fourth-order valence-electron chi connectivity index (χ4n) is 1.73. The van der Waals surface area contributed by atoms with Crippen LogP contribution in [0.1, 0.15) is 13.3 Å². The molecule has 0 aromatic heterocycles. The summed E-state index contributed by atoms with van der Waals surface area (Å²) < 4.78 is 26.4. The lowest BCUT2D eigenvalue weighted by Crippen LogP contribution is -2.37. The molecule has 6 heteroatoms. The van der Waals surface area contributed by atoms with E-state index in [1.54, 1.807) is 12.1 Å². The highest BCUT2D eigenvalue weighted by molar-refractivity contribution is 7.89. The molecule has 108 valence electrons. The van der Waals surface area contributed by atoms with Gasteiger partial charge in [0.15, 0.2) is 0 Å². The maximum absolute atomic E-state index is 12.5. The summed E-state index contributed by atoms with van der Waals surface area (Å²) in [5, 5.41) is 9.72. The van der Waals surface area contributed by atoms with E-state index in [4.69, 9.17) is 0 Å². The van der Waals surface area contributed by atoms with Crippen molar-refractivity contribution in [2.45, 2.75) is 18.2 Å². The summed E-state index contributed by atoms with van der Waals surface area (Å²) in [7, 11) is 0.166. The van der Waals surface area contributed by atoms with Gasteiger partial charge in [0, 0.05) is 19.6 Å². The van der Waals surface area contributed by atoms with Gasteiger partial charge in [-0.25, -0.2) is 8.42 Å². The summed E-state index contributed by atoms with van der Waals surface area (Å²) in [5.74, 6) is -0.201. The molecule has 0 aliphatic heterocycles. The Morgan fingerprint density at radius 2 is 1.74 bits per heavy atom. The fraction of sp³-hybridized carbons (Fsp3) is 0.538.